The molecule has 1 rings (SSSR count). The maximum absolute atomic E-state index is 10.9. The van der Waals surface area contributed by atoms with Crippen LogP contribution in [0.3, 0.4) is 0 Å². The molecule has 0 aliphatic heterocycles. The van der Waals surface area contributed by atoms with Crippen molar-refractivity contribution < 1.29 is 4.92 Å². The largest absolute Gasteiger partial charge is 0.274 e. The number of alkyl halides is 1. The van der Waals surface area contributed by atoms with Crippen LogP contribution in [0.1, 0.15) is 32.3 Å². The van der Waals surface area contributed by atoms with Crippen molar-refractivity contribution in [2.45, 2.75) is 38.5 Å². The summed E-state index contributed by atoms with van der Waals surface area (Å²) in [5, 5.41) is 11.4. The molecule has 5 heteroatoms. The lowest BCUT2D eigenvalue weighted by molar-refractivity contribution is -0.385. The quantitative estimate of drug-likeness (QED) is 0.427. The van der Waals surface area contributed by atoms with Crippen molar-refractivity contribution in [1.82, 2.24) is 0 Å². The monoisotopic (exact) mass is 289 g/mol. The van der Waals surface area contributed by atoms with E-state index in [1.165, 1.54) is 6.07 Å². The molecule has 0 bridgehead atoms. The maximum atomic E-state index is 10.9. The highest BCUT2D eigenvalue weighted by atomic mass is 35.5. The van der Waals surface area contributed by atoms with Crippen LogP contribution in [0.2, 0.25) is 5.02 Å². The minimum absolute atomic E-state index is 0.0558. The maximum Gasteiger partial charge on any atom is 0.274 e. The molecule has 0 spiro atoms. The van der Waals surface area contributed by atoms with Gasteiger partial charge in [0.1, 0.15) is 0 Å². The van der Waals surface area contributed by atoms with Crippen molar-refractivity contribution in [3.05, 3.63) is 38.9 Å². The van der Waals surface area contributed by atoms with Gasteiger partial charge in [0.25, 0.3) is 5.69 Å². The van der Waals surface area contributed by atoms with Crippen molar-refractivity contribution in [3.8, 4) is 0 Å². The summed E-state index contributed by atoms with van der Waals surface area (Å²) in [6.07, 6.45) is 2.26. The Hall–Kier alpha value is -0.800. The molecule has 18 heavy (non-hydrogen) atoms. The number of aryl methyl sites for hydroxylation is 1. The van der Waals surface area contributed by atoms with E-state index in [-0.39, 0.29) is 11.1 Å². The predicted octanol–water partition coefficient (Wildman–Crippen LogP) is 4.83. The van der Waals surface area contributed by atoms with Gasteiger partial charge < -0.3 is 0 Å². The summed E-state index contributed by atoms with van der Waals surface area (Å²) in [6.45, 7) is 4.22. The second-order valence-corrected chi connectivity index (χ2v) is 5.85. The average molecular weight is 290 g/mol. The van der Waals surface area contributed by atoms with E-state index >= 15 is 0 Å². The summed E-state index contributed by atoms with van der Waals surface area (Å²) in [5.74, 6) is 0.535. The van der Waals surface area contributed by atoms with Gasteiger partial charge in [0, 0.05) is 22.0 Å². The summed E-state index contributed by atoms with van der Waals surface area (Å²) < 4.78 is 0. The first kappa shape index (κ1) is 15.3. The van der Waals surface area contributed by atoms with Crippen molar-refractivity contribution in [1.29, 1.82) is 0 Å². The second-order valence-electron chi connectivity index (χ2n) is 4.80. The molecule has 1 aromatic carbocycles. The van der Waals surface area contributed by atoms with Crippen LogP contribution in [-0.4, -0.2) is 10.3 Å². The molecule has 0 aliphatic carbocycles. The Morgan fingerprint density at radius 2 is 2.06 bits per heavy atom. The summed E-state index contributed by atoms with van der Waals surface area (Å²) in [4.78, 5) is 10.5. The molecular formula is C13H17Cl2NO2. The summed E-state index contributed by atoms with van der Waals surface area (Å²) in [7, 11) is 0. The van der Waals surface area contributed by atoms with Gasteiger partial charge in [-0.05, 0) is 31.2 Å². The van der Waals surface area contributed by atoms with E-state index in [4.69, 9.17) is 23.2 Å². The van der Waals surface area contributed by atoms with Crippen LogP contribution in [0, 0.1) is 16.0 Å². The molecule has 0 amide bonds. The Morgan fingerprint density at radius 3 is 2.61 bits per heavy atom. The molecule has 0 fully saturated rings. The molecule has 0 heterocycles. The number of halogens is 2. The molecule has 1 aromatic rings. The lowest BCUT2D eigenvalue weighted by Crippen LogP contribution is -2.06. The predicted molar refractivity (Wildman–Crippen MR) is 75.5 cm³/mol. The van der Waals surface area contributed by atoms with Gasteiger partial charge in [0.2, 0.25) is 0 Å². The highest BCUT2D eigenvalue weighted by Gasteiger charge is 2.16. The first-order valence-corrected chi connectivity index (χ1v) is 6.78. The van der Waals surface area contributed by atoms with Crippen molar-refractivity contribution in [2.75, 3.05) is 0 Å². The van der Waals surface area contributed by atoms with Crippen LogP contribution in [0.15, 0.2) is 18.2 Å². The number of hydrogen-bond donors (Lipinski definition) is 0. The van der Waals surface area contributed by atoms with Crippen molar-refractivity contribution in [3.63, 3.8) is 0 Å². The smallest absolute Gasteiger partial charge is 0.258 e. The third-order valence-electron chi connectivity index (χ3n) is 2.70. The lowest BCUT2D eigenvalue weighted by Gasteiger charge is -2.11. The molecule has 1 unspecified atom stereocenters. The second kappa shape index (κ2) is 6.95. The number of rotatable bonds is 6. The van der Waals surface area contributed by atoms with E-state index in [0.29, 0.717) is 22.9 Å². The van der Waals surface area contributed by atoms with Gasteiger partial charge in [-0.15, -0.1) is 11.6 Å². The first-order chi connectivity index (χ1) is 8.40. The third kappa shape index (κ3) is 4.83. The van der Waals surface area contributed by atoms with E-state index in [2.05, 4.69) is 13.8 Å². The first-order valence-electron chi connectivity index (χ1n) is 5.97. The minimum atomic E-state index is -0.396. The van der Waals surface area contributed by atoms with Crippen LogP contribution in [-0.2, 0) is 6.42 Å². The van der Waals surface area contributed by atoms with Crippen LogP contribution < -0.4 is 0 Å². The zero-order valence-electron chi connectivity index (χ0n) is 10.5. The van der Waals surface area contributed by atoms with Gasteiger partial charge in [-0.2, -0.15) is 0 Å². The van der Waals surface area contributed by atoms with E-state index in [0.717, 1.165) is 12.8 Å². The van der Waals surface area contributed by atoms with Crippen LogP contribution in [0.4, 0.5) is 5.69 Å². The molecule has 100 valence electrons. The summed E-state index contributed by atoms with van der Waals surface area (Å²) in [5.41, 5.74) is 0.773. The highest BCUT2D eigenvalue weighted by Crippen LogP contribution is 2.26. The molecule has 0 saturated heterocycles. The summed E-state index contributed by atoms with van der Waals surface area (Å²) in [6, 6.07) is 4.78. The van der Waals surface area contributed by atoms with Gasteiger partial charge >= 0.3 is 0 Å². The Labute approximate surface area is 117 Å². The Balaban J connectivity index is 2.70. The van der Waals surface area contributed by atoms with Gasteiger partial charge in [-0.1, -0.05) is 31.5 Å². The van der Waals surface area contributed by atoms with E-state index < -0.39 is 4.92 Å². The van der Waals surface area contributed by atoms with Crippen LogP contribution in [0.25, 0.3) is 0 Å². The third-order valence-corrected chi connectivity index (χ3v) is 3.33. The number of benzene rings is 1. The molecule has 1 atom stereocenters. The van der Waals surface area contributed by atoms with Gasteiger partial charge in [-0.3, -0.25) is 10.1 Å². The van der Waals surface area contributed by atoms with Gasteiger partial charge in [-0.25, -0.2) is 0 Å². The average Bonchev–Trinajstić information content (AvgIpc) is 2.26. The number of nitro groups is 1. The molecule has 0 saturated carbocycles. The molecular weight excluding hydrogens is 273 g/mol. The Kier molecular flexibility index (Phi) is 5.89. The fourth-order valence-electron chi connectivity index (χ4n) is 1.86. The Morgan fingerprint density at radius 1 is 1.39 bits per heavy atom. The van der Waals surface area contributed by atoms with E-state index in [9.17, 15) is 10.1 Å². The SMILES string of the molecule is CC(C)CC(Cl)CCc1ccc(Cl)cc1[N+](=O)[O-]. The van der Waals surface area contributed by atoms with E-state index in [1.807, 2.05) is 0 Å². The number of hydrogen-bond acceptors (Lipinski definition) is 2. The standard InChI is InChI=1S/C13H17Cl2NO2/c1-9(2)7-11(14)5-3-10-4-6-12(15)8-13(10)16(17)18/h4,6,8-9,11H,3,5,7H2,1-2H3. The van der Waals surface area contributed by atoms with Crippen LogP contribution >= 0.6 is 23.2 Å². The normalized spacial score (nSPS) is 12.7. The molecule has 0 aromatic heterocycles. The molecule has 0 radical (unpaired) electrons. The fraction of sp³-hybridized carbons (Fsp3) is 0.538. The zero-order chi connectivity index (χ0) is 13.7. The molecule has 0 aliphatic rings. The zero-order valence-corrected chi connectivity index (χ0v) is 12.0. The molecule has 0 N–H and O–H groups in total. The van der Waals surface area contributed by atoms with Crippen molar-refractivity contribution in [2.24, 2.45) is 5.92 Å². The fourth-order valence-corrected chi connectivity index (χ4v) is 2.49. The van der Waals surface area contributed by atoms with Crippen LogP contribution in [0.5, 0.6) is 0 Å². The lowest BCUT2D eigenvalue weighted by atomic mass is 10.0. The highest BCUT2D eigenvalue weighted by molar-refractivity contribution is 6.30. The number of nitro benzene ring substituents is 1. The topological polar surface area (TPSA) is 43.1 Å². The summed E-state index contributed by atoms with van der Waals surface area (Å²) >= 11 is 12.0. The van der Waals surface area contributed by atoms with Crippen molar-refractivity contribution >= 4 is 28.9 Å². The minimum Gasteiger partial charge on any atom is -0.258 e. The van der Waals surface area contributed by atoms with Gasteiger partial charge in [0.05, 0.1) is 4.92 Å². The number of nitrogens with zero attached hydrogens (tertiary/aromatic N) is 1. The van der Waals surface area contributed by atoms with E-state index in [1.54, 1.807) is 12.1 Å². The molecule has 3 nitrogen and oxygen atoms in total. The van der Waals surface area contributed by atoms with Gasteiger partial charge in [0.15, 0.2) is 0 Å². The Bertz CT molecular complexity index is 421.